The number of nitrogens with two attached hydrogens (primary N) is 1. The van der Waals surface area contributed by atoms with Crippen LogP contribution in [-0.2, 0) is 13.0 Å². The van der Waals surface area contributed by atoms with Gasteiger partial charge >= 0.3 is 0 Å². The third-order valence-corrected chi connectivity index (χ3v) is 3.26. The van der Waals surface area contributed by atoms with E-state index in [2.05, 4.69) is 16.3 Å². The fraction of sp³-hybridized carbons (Fsp3) is 0.267. The Bertz CT molecular complexity index is 698. The number of nitrogens with zero attached hydrogens (tertiary/aromatic N) is 3. The Morgan fingerprint density at radius 1 is 1.52 bits per heavy atom. The van der Waals surface area contributed by atoms with E-state index in [4.69, 9.17) is 11.0 Å². The van der Waals surface area contributed by atoms with Crippen LogP contribution in [0.5, 0.6) is 0 Å². The van der Waals surface area contributed by atoms with Gasteiger partial charge in [-0.1, -0.05) is 19.1 Å². The minimum absolute atomic E-state index is 0.241. The molecule has 2 aromatic rings. The van der Waals surface area contributed by atoms with Gasteiger partial charge < -0.3 is 10.6 Å². The summed E-state index contributed by atoms with van der Waals surface area (Å²) in [4.78, 5) is 13.9. The van der Waals surface area contributed by atoms with Gasteiger partial charge in [0.1, 0.15) is 0 Å². The molecular weight excluding hydrogens is 266 g/mol. The summed E-state index contributed by atoms with van der Waals surface area (Å²) in [6.07, 6.45) is 0.694. The number of aromatic nitrogens is 2. The standard InChI is InChI=1S/C15H17N5O/c1-3-12-13(17)14(19-18-12)15(21)20(2)9-11-6-4-5-10(7-11)8-16/h4-7H,3,9,17H2,1-2H3,(H,18,19). The summed E-state index contributed by atoms with van der Waals surface area (Å²) in [5, 5.41) is 15.7. The molecule has 0 saturated carbocycles. The summed E-state index contributed by atoms with van der Waals surface area (Å²) >= 11 is 0. The number of H-pyrrole nitrogens is 1. The predicted octanol–water partition coefficient (Wildman–Crippen LogP) is 1.70. The molecule has 1 heterocycles. The van der Waals surface area contributed by atoms with Gasteiger partial charge in [-0.25, -0.2) is 0 Å². The molecule has 1 aromatic heterocycles. The molecule has 0 atom stereocenters. The van der Waals surface area contributed by atoms with E-state index < -0.39 is 0 Å². The van der Waals surface area contributed by atoms with Crippen molar-refractivity contribution in [2.45, 2.75) is 19.9 Å². The Balaban J connectivity index is 2.15. The number of benzene rings is 1. The smallest absolute Gasteiger partial charge is 0.276 e. The Kier molecular flexibility index (Phi) is 4.24. The summed E-state index contributed by atoms with van der Waals surface area (Å²) in [5.74, 6) is -0.245. The molecule has 21 heavy (non-hydrogen) atoms. The highest BCUT2D eigenvalue weighted by Crippen LogP contribution is 2.17. The Morgan fingerprint density at radius 2 is 2.29 bits per heavy atom. The maximum absolute atomic E-state index is 12.4. The quantitative estimate of drug-likeness (QED) is 0.892. The van der Waals surface area contributed by atoms with Crippen LogP contribution in [0.3, 0.4) is 0 Å². The van der Waals surface area contributed by atoms with Gasteiger partial charge in [-0.15, -0.1) is 0 Å². The third-order valence-electron chi connectivity index (χ3n) is 3.26. The number of carbonyl (C=O) groups is 1. The zero-order valence-electron chi connectivity index (χ0n) is 12.1. The fourth-order valence-electron chi connectivity index (χ4n) is 2.08. The number of aromatic amines is 1. The molecule has 0 unspecified atom stereocenters. The van der Waals surface area contributed by atoms with E-state index in [0.29, 0.717) is 24.2 Å². The second kappa shape index (κ2) is 6.09. The average molecular weight is 283 g/mol. The molecule has 2 rings (SSSR count). The van der Waals surface area contributed by atoms with Gasteiger partial charge in [0.15, 0.2) is 5.69 Å². The van der Waals surface area contributed by atoms with Crippen molar-refractivity contribution in [1.82, 2.24) is 15.1 Å². The monoisotopic (exact) mass is 283 g/mol. The van der Waals surface area contributed by atoms with Gasteiger partial charge in [0.2, 0.25) is 0 Å². The van der Waals surface area contributed by atoms with Crippen LogP contribution >= 0.6 is 0 Å². The van der Waals surface area contributed by atoms with Crippen molar-refractivity contribution in [1.29, 1.82) is 5.26 Å². The molecule has 0 aliphatic carbocycles. The van der Waals surface area contributed by atoms with Crippen molar-refractivity contribution in [3.63, 3.8) is 0 Å². The molecule has 6 heteroatoms. The van der Waals surface area contributed by atoms with E-state index in [1.807, 2.05) is 13.0 Å². The molecule has 6 nitrogen and oxygen atoms in total. The highest BCUT2D eigenvalue weighted by Gasteiger charge is 2.20. The van der Waals surface area contributed by atoms with E-state index in [1.54, 1.807) is 25.2 Å². The molecule has 0 radical (unpaired) electrons. The van der Waals surface area contributed by atoms with Gasteiger partial charge in [0, 0.05) is 13.6 Å². The predicted molar refractivity (Wildman–Crippen MR) is 79.3 cm³/mol. The topological polar surface area (TPSA) is 98.8 Å². The van der Waals surface area contributed by atoms with Gasteiger partial charge in [0.25, 0.3) is 5.91 Å². The number of hydrogen-bond acceptors (Lipinski definition) is 4. The lowest BCUT2D eigenvalue weighted by atomic mass is 10.1. The minimum atomic E-state index is -0.245. The van der Waals surface area contributed by atoms with Crippen molar-refractivity contribution in [3.8, 4) is 6.07 Å². The molecular formula is C15H17N5O. The van der Waals surface area contributed by atoms with Gasteiger partial charge in [0.05, 0.1) is 23.0 Å². The summed E-state index contributed by atoms with van der Waals surface area (Å²) in [5.41, 5.74) is 8.77. The van der Waals surface area contributed by atoms with E-state index in [0.717, 1.165) is 11.3 Å². The van der Waals surface area contributed by atoms with Crippen LogP contribution in [0, 0.1) is 11.3 Å². The number of anilines is 1. The van der Waals surface area contributed by atoms with E-state index in [9.17, 15) is 4.79 Å². The number of aryl methyl sites for hydroxylation is 1. The Morgan fingerprint density at radius 3 is 2.90 bits per heavy atom. The SMILES string of the molecule is CCc1[nH]nc(C(=O)N(C)Cc2cccc(C#N)c2)c1N. The number of nitriles is 1. The van der Waals surface area contributed by atoms with Gasteiger partial charge in [-0.3, -0.25) is 9.89 Å². The van der Waals surface area contributed by atoms with Crippen LogP contribution in [0.25, 0.3) is 0 Å². The molecule has 0 fully saturated rings. The molecule has 1 aromatic carbocycles. The van der Waals surface area contributed by atoms with Crippen LogP contribution in [0.2, 0.25) is 0 Å². The van der Waals surface area contributed by atoms with Crippen molar-refractivity contribution < 1.29 is 4.79 Å². The maximum Gasteiger partial charge on any atom is 0.276 e. The lowest BCUT2D eigenvalue weighted by molar-refractivity contribution is 0.0780. The van der Waals surface area contributed by atoms with Crippen LogP contribution in [0.1, 0.15) is 34.2 Å². The van der Waals surface area contributed by atoms with E-state index in [1.165, 1.54) is 4.90 Å². The number of nitrogen functional groups attached to an aromatic ring is 1. The summed E-state index contributed by atoms with van der Waals surface area (Å²) in [6, 6.07) is 9.23. The lowest BCUT2D eigenvalue weighted by Gasteiger charge is -2.16. The normalized spacial score (nSPS) is 10.1. The largest absolute Gasteiger partial charge is 0.395 e. The number of carbonyl (C=O) groups excluding carboxylic acids is 1. The molecule has 0 spiro atoms. The molecule has 3 N–H and O–H groups in total. The van der Waals surface area contributed by atoms with Gasteiger partial charge in [-0.05, 0) is 24.1 Å². The van der Waals surface area contributed by atoms with Crippen molar-refractivity contribution in [3.05, 3.63) is 46.8 Å². The van der Waals surface area contributed by atoms with Crippen LogP contribution < -0.4 is 5.73 Å². The number of nitrogens with one attached hydrogen (secondary N) is 1. The van der Waals surface area contributed by atoms with Gasteiger partial charge in [-0.2, -0.15) is 10.4 Å². The second-order valence-electron chi connectivity index (χ2n) is 4.79. The highest BCUT2D eigenvalue weighted by molar-refractivity contribution is 5.97. The van der Waals surface area contributed by atoms with Crippen molar-refractivity contribution in [2.24, 2.45) is 0 Å². The first-order valence-electron chi connectivity index (χ1n) is 6.64. The van der Waals surface area contributed by atoms with Crippen LogP contribution in [0.15, 0.2) is 24.3 Å². The van der Waals surface area contributed by atoms with Crippen LogP contribution in [0.4, 0.5) is 5.69 Å². The zero-order chi connectivity index (χ0) is 15.4. The van der Waals surface area contributed by atoms with Crippen molar-refractivity contribution >= 4 is 11.6 Å². The minimum Gasteiger partial charge on any atom is -0.395 e. The first-order chi connectivity index (χ1) is 10.1. The highest BCUT2D eigenvalue weighted by atomic mass is 16.2. The van der Waals surface area contributed by atoms with E-state index in [-0.39, 0.29) is 11.6 Å². The average Bonchev–Trinajstić information content (AvgIpc) is 2.87. The summed E-state index contributed by atoms with van der Waals surface area (Å²) in [6.45, 7) is 2.33. The molecule has 108 valence electrons. The van der Waals surface area contributed by atoms with E-state index >= 15 is 0 Å². The molecule has 1 amide bonds. The molecule has 0 aliphatic rings. The fourth-order valence-corrected chi connectivity index (χ4v) is 2.08. The Labute approximate surface area is 123 Å². The first kappa shape index (κ1) is 14.6. The van der Waals surface area contributed by atoms with Crippen molar-refractivity contribution in [2.75, 3.05) is 12.8 Å². The summed E-state index contributed by atoms with van der Waals surface area (Å²) in [7, 11) is 1.68. The first-order valence-corrected chi connectivity index (χ1v) is 6.64. The second-order valence-corrected chi connectivity index (χ2v) is 4.79. The molecule has 0 saturated heterocycles. The lowest BCUT2D eigenvalue weighted by Crippen LogP contribution is -2.27. The molecule has 0 bridgehead atoms. The number of amides is 1. The Hall–Kier alpha value is -2.81. The summed E-state index contributed by atoms with van der Waals surface area (Å²) < 4.78 is 0. The maximum atomic E-state index is 12.4. The number of hydrogen-bond donors (Lipinski definition) is 2. The van der Waals surface area contributed by atoms with Crippen LogP contribution in [-0.4, -0.2) is 28.1 Å². The molecule has 0 aliphatic heterocycles. The zero-order valence-corrected chi connectivity index (χ0v) is 12.1. The third kappa shape index (κ3) is 3.03. The number of rotatable bonds is 4.